The predicted octanol–water partition coefficient (Wildman–Crippen LogP) is 2.10. The van der Waals surface area contributed by atoms with Crippen molar-refractivity contribution in [2.75, 3.05) is 37.0 Å². The van der Waals surface area contributed by atoms with E-state index in [1.165, 1.54) is 0 Å². The van der Waals surface area contributed by atoms with Crippen molar-refractivity contribution in [1.82, 2.24) is 20.2 Å². The van der Waals surface area contributed by atoms with Gasteiger partial charge in [0, 0.05) is 18.8 Å². The quantitative estimate of drug-likeness (QED) is 0.514. The van der Waals surface area contributed by atoms with Gasteiger partial charge >= 0.3 is 6.03 Å². The Hall–Kier alpha value is -4.08. The number of aromatic amines is 1. The molecule has 0 saturated carbocycles. The van der Waals surface area contributed by atoms with Crippen molar-refractivity contribution in [2.24, 2.45) is 0 Å². The van der Waals surface area contributed by atoms with Crippen molar-refractivity contribution in [3.8, 4) is 5.75 Å². The molecule has 0 bridgehead atoms. The number of ether oxygens (including phenoxy) is 1. The first-order valence-corrected chi connectivity index (χ1v) is 10.8. The van der Waals surface area contributed by atoms with E-state index in [2.05, 4.69) is 25.5 Å². The van der Waals surface area contributed by atoms with E-state index in [0.717, 1.165) is 21.9 Å². The number of nitrogens with zero attached hydrogens (tertiary/aromatic N) is 3. The van der Waals surface area contributed by atoms with E-state index < -0.39 is 17.5 Å². The first-order chi connectivity index (χ1) is 16.0. The molecule has 33 heavy (non-hydrogen) atoms. The third-order valence-electron chi connectivity index (χ3n) is 6.21. The first kappa shape index (κ1) is 20.8. The van der Waals surface area contributed by atoms with Crippen LogP contribution in [0.2, 0.25) is 0 Å². The van der Waals surface area contributed by atoms with Gasteiger partial charge in [-0.3, -0.25) is 14.5 Å². The van der Waals surface area contributed by atoms with Crippen LogP contribution in [0.1, 0.15) is 12.8 Å². The first-order valence-electron chi connectivity index (χ1n) is 10.8. The standard InChI is InChI=1S/C23H24N6O4/c1-33-16-8-6-15(7-9-16)24-19(30)14-29-20(31)23(27-22(29)32)10-12-28(13-11-23)21-25-17-4-2-3-5-18(17)26-21/h2-9H,10-14H2,1H3,(H,24,30)(H,25,26)(H,27,32). The van der Waals surface area contributed by atoms with Crippen molar-refractivity contribution < 1.29 is 19.1 Å². The lowest BCUT2D eigenvalue weighted by atomic mass is 9.87. The smallest absolute Gasteiger partial charge is 0.325 e. The number of methoxy groups -OCH3 is 1. The van der Waals surface area contributed by atoms with Crippen LogP contribution < -0.4 is 20.3 Å². The number of benzene rings is 2. The van der Waals surface area contributed by atoms with Crippen LogP contribution in [-0.4, -0.2) is 65.0 Å². The van der Waals surface area contributed by atoms with E-state index >= 15 is 0 Å². The molecule has 0 aliphatic carbocycles. The van der Waals surface area contributed by atoms with Crippen LogP contribution in [-0.2, 0) is 9.59 Å². The summed E-state index contributed by atoms with van der Waals surface area (Å²) >= 11 is 0. The molecule has 10 heteroatoms. The minimum atomic E-state index is -0.986. The molecule has 0 unspecified atom stereocenters. The molecule has 4 amide bonds. The van der Waals surface area contributed by atoms with Crippen LogP contribution in [0.5, 0.6) is 5.75 Å². The van der Waals surface area contributed by atoms with E-state index in [-0.39, 0.29) is 12.5 Å². The molecule has 1 spiro atoms. The maximum absolute atomic E-state index is 13.2. The average Bonchev–Trinajstić information content (AvgIpc) is 3.35. The summed E-state index contributed by atoms with van der Waals surface area (Å²) in [4.78, 5) is 49.2. The van der Waals surface area contributed by atoms with Gasteiger partial charge < -0.3 is 25.3 Å². The Morgan fingerprint density at radius 2 is 1.85 bits per heavy atom. The van der Waals surface area contributed by atoms with Gasteiger partial charge in [0.15, 0.2) is 0 Å². The number of para-hydroxylation sites is 2. The number of nitrogens with one attached hydrogen (secondary N) is 3. The predicted molar refractivity (Wildman–Crippen MR) is 122 cm³/mol. The summed E-state index contributed by atoms with van der Waals surface area (Å²) in [6, 6.07) is 14.1. The Balaban J connectivity index is 1.22. The molecule has 10 nitrogen and oxygen atoms in total. The third kappa shape index (κ3) is 3.84. The van der Waals surface area contributed by atoms with Gasteiger partial charge in [-0.25, -0.2) is 9.78 Å². The van der Waals surface area contributed by atoms with Gasteiger partial charge in [0.2, 0.25) is 11.9 Å². The van der Waals surface area contributed by atoms with Gasteiger partial charge in [0.1, 0.15) is 17.8 Å². The molecule has 2 aliphatic heterocycles. The highest BCUT2D eigenvalue weighted by atomic mass is 16.5. The number of imide groups is 1. The Labute approximate surface area is 189 Å². The lowest BCUT2D eigenvalue weighted by Crippen LogP contribution is -2.55. The molecule has 1 aromatic heterocycles. The molecule has 0 radical (unpaired) electrons. The maximum atomic E-state index is 13.2. The fraction of sp³-hybridized carbons (Fsp3) is 0.304. The van der Waals surface area contributed by atoms with Gasteiger partial charge in [-0.2, -0.15) is 0 Å². The van der Waals surface area contributed by atoms with Gasteiger partial charge in [0.25, 0.3) is 5.91 Å². The number of fused-ring (bicyclic) bond motifs is 1. The van der Waals surface area contributed by atoms with Gasteiger partial charge in [-0.1, -0.05) is 12.1 Å². The van der Waals surface area contributed by atoms with Crippen molar-refractivity contribution in [3.05, 3.63) is 48.5 Å². The molecule has 0 atom stereocenters. The number of carbonyl (C=O) groups is 3. The monoisotopic (exact) mass is 448 g/mol. The van der Waals surface area contributed by atoms with Gasteiger partial charge in [0.05, 0.1) is 18.1 Å². The minimum absolute atomic E-state index is 0.342. The van der Waals surface area contributed by atoms with E-state index in [4.69, 9.17) is 4.74 Å². The number of carbonyl (C=O) groups excluding carboxylic acids is 3. The number of urea groups is 1. The molecule has 2 saturated heterocycles. The summed E-state index contributed by atoms with van der Waals surface area (Å²) in [6.45, 7) is 0.765. The van der Waals surface area contributed by atoms with Gasteiger partial charge in [-0.15, -0.1) is 0 Å². The van der Waals surface area contributed by atoms with Crippen LogP contribution in [0.4, 0.5) is 16.4 Å². The Morgan fingerprint density at radius 1 is 1.12 bits per heavy atom. The van der Waals surface area contributed by atoms with E-state index in [1.807, 2.05) is 24.3 Å². The fourth-order valence-corrected chi connectivity index (χ4v) is 4.37. The fourth-order valence-electron chi connectivity index (χ4n) is 4.37. The summed E-state index contributed by atoms with van der Waals surface area (Å²) in [5, 5.41) is 5.54. The normalized spacial score (nSPS) is 17.5. The summed E-state index contributed by atoms with van der Waals surface area (Å²) in [5.74, 6) is 0.610. The molecule has 2 fully saturated rings. The van der Waals surface area contributed by atoms with Crippen molar-refractivity contribution in [3.63, 3.8) is 0 Å². The SMILES string of the molecule is COc1ccc(NC(=O)CN2C(=O)NC3(CCN(c4nc5ccccc5[nH]4)CC3)C2=O)cc1. The van der Waals surface area contributed by atoms with Crippen LogP contribution in [0.3, 0.4) is 0 Å². The zero-order valence-corrected chi connectivity index (χ0v) is 18.1. The van der Waals surface area contributed by atoms with Crippen molar-refractivity contribution in [2.45, 2.75) is 18.4 Å². The molecule has 170 valence electrons. The third-order valence-corrected chi connectivity index (χ3v) is 6.21. The topological polar surface area (TPSA) is 120 Å². The summed E-state index contributed by atoms with van der Waals surface area (Å²) in [7, 11) is 1.56. The van der Waals surface area contributed by atoms with E-state index in [9.17, 15) is 14.4 Å². The molecule has 5 rings (SSSR count). The number of anilines is 2. The molecule has 2 aliphatic rings. The number of imidazole rings is 1. The van der Waals surface area contributed by atoms with Crippen LogP contribution in [0.15, 0.2) is 48.5 Å². The Kier molecular flexibility index (Phi) is 5.12. The van der Waals surface area contributed by atoms with Crippen molar-refractivity contribution >= 4 is 40.5 Å². The molecule has 2 aromatic carbocycles. The summed E-state index contributed by atoms with van der Waals surface area (Å²) in [5.41, 5.74) is 1.40. The number of hydrogen-bond donors (Lipinski definition) is 3. The largest absolute Gasteiger partial charge is 0.497 e. The number of hydrogen-bond acceptors (Lipinski definition) is 6. The zero-order valence-electron chi connectivity index (χ0n) is 18.1. The summed E-state index contributed by atoms with van der Waals surface area (Å²) < 4.78 is 5.10. The Bertz CT molecular complexity index is 1180. The molecule has 3 N–H and O–H groups in total. The number of rotatable bonds is 5. The Morgan fingerprint density at radius 3 is 2.55 bits per heavy atom. The maximum Gasteiger partial charge on any atom is 0.325 e. The lowest BCUT2D eigenvalue weighted by molar-refractivity contribution is -0.134. The lowest BCUT2D eigenvalue weighted by Gasteiger charge is -2.37. The highest BCUT2D eigenvalue weighted by molar-refractivity contribution is 6.10. The van der Waals surface area contributed by atoms with E-state index in [0.29, 0.717) is 37.4 Å². The zero-order chi connectivity index (χ0) is 23.0. The number of amides is 4. The number of aromatic nitrogens is 2. The second kappa shape index (κ2) is 8.12. The number of piperidine rings is 1. The molecule has 3 aromatic rings. The highest BCUT2D eigenvalue weighted by Crippen LogP contribution is 2.31. The second-order valence-electron chi connectivity index (χ2n) is 8.24. The highest BCUT2D eigenvalue weighted by Gasteiger charge is 2.52. The molecular weight excluding hydrogens is 424 g/mol. The van der Waals surface area contributed by atoms with Gasteiger partial charge in [-0.05, 0) is 49.2 Å². The minimum Gasteiger partial charge on any atom is -0.497 e. The molecular formula is C23H24N6O4. The number of H-pyrrole nitrogens is 1. The molecule has 3 heterocycles. The van der Waals surface area contributed by atoms with E-state index in [1.54, 1.807) is 31.4 Å². The average molecular weight is 448 g/mol. The van der Waals surface area contributed by atoms with Crippen LogP contribution >= 0.6 is 0 Å². The van der Waals surface area contributed by atoms with Crippen molar-refractivity contribution in [1.29, 1.82) is 0 Å². The summed E-state index contributed by atoms with van der Waals surface area (Å²) in [6.07, 6.45) is 0.871. The second-order valence-corrected chi connectivity index (χ2v) is 8.24. The van der Waals surface area contributed by atoms with Crippen LogP contribution in [0.25, 0.3) is 11.0 Å². The van der Waals surface area contributed by atoms with Crippen LogP contribution in [0, 0.1) is 0 Å².